The average molecular weight is 350 g/mol. The Morgan fingerprint density at radius 1 is 1.27 bits per heavy atom. The fourth-order valence-corrected chi connectivity index (χ4v) is 2.31. The maximum Gasteiger partial charge on any atom is 0.240 e. The molecule has 0 aliphatic carbocycles. The molecule has 0 radical (unpaired) electrons. The number of hydrogen-bond acceptors (Lipinski definition) is 4. The number of nitrogens with one attached hydrogen (secondary N) is 1. The highest BCUT2D eigenvalue weighted by molar-refractivity contribution is 5.94. The number of carbonyl (C=O) groups is 1. The van der Waals surface area contributed by atoms with E-state index in [4.69, 9.17) is 10.5 Å². The lowest BCUT2D eigenvalue weighted by Crippen LogP contribution is -2.38. The minimum Gasteiger partial charge on any atom is -0.379 e. The molecule has 1 aromatic rings. The van der Waals surface area contributed by atoms with Gasteiger partial charge in [0.05, 0.1) is 19.3 Å². The first-order valence-corrected chi connectivity index (χ1v) is 7.06. The zero-order valence-electron chi connectivity index (χ0n) is 13.0. The number of anilines is 1. The molecule has 0 saturated carbocycles. The Morgan fingerprint density at radius 2 is 1.91 bits per heavy atom. The molecular weight excluding hydrogens is 325 g/mol. The molecule has 2 rings (SSSR count). The Bertz CT molecular complexity index is 466. The van der Waals surface area contributed by atoms with Crippen LogP contribution in [-0.2, 0) is 9.53 Å². The Kier molecular flexibility index (Phi) is 9.64. The van der Waals surface area contributed by atoms with Crippen molar-refractivity contribution in [1.29, 1.82) is 0 Å². The van der Waals surface area contributed by atoms with E-state index in [9.17, 15) is 4.79 Å². The lowest BCUT2D eigenvalue weighted by atomic mass is 10.1. The molecule has 1 aromatic carbocycles. The van der Waals surface area contributed by atoms with Gasteiger partial charge in [0.25, 0.3) is 0 Å². The summed E-state index contributed by atoms with van der Waals surface area (Å²) < 4.78 is 5.38. The minimum absolute atomic E-state index is 0. The monoisotopic (exact) mass is 349 g/mol. The number of benzene rings is 1. The van der Waals surface area contributed by atoms with Crippen LogP contribution in [-0.4, -0.2) is 43.2 Å². The van der Waals surface area contributed by atoms with E-state index >= 15 is 0 Å². The molecule has 1 amide bonds. The molecule has 0 aromatic heterocycles. The molecule has 5 nitrogen and oxygen atoms in total. The molecule has 126 valence electrons. The number of ether oxygens (including phenoxy) is 1. The first kappa shape index (κ1) is 21.1. The standard InChI is InChI=1S/C15H23N3O2.2ClH/c1-11(16)15(19)17-14-5-3-4-13(10-14)12(2)18-6-8-20-9-7-18;;/h3-5,10-12H,6-9,16H2,1-2H3,(H,17,19);2*1H/t11-,12?;;/m1../s1. The van der Waals surface area contributed by atoms with E-state index in [0.29, 0.717) is 6.04 Å². The predicted octanol–water partition coefficient (Wildman–Crippen LogP) is 2.21. The van der Waals surface area contributed by atoms with E-state index in [0.717, 1.165) is 32.0 Å². The fourth-order valence-electron chi connectivity index (χ4n) is 2.31. The Balaban J connectivity index is 0.00000220. The summed E-state index contributed by atoms with van der Waals surface area (Å²) in [5.41, 5.74) is 7.55. The highest BCUT2D eigenvalue weighted by Gasteiger charge is 2.18. The maximum absolute atomic E-state index is 11.6. The largest absolute Gasteiger partial charge is 0.379 e. The van der Waals surface area contributed by atoms with Crippen LogP contribution in [0, 0.1) is 0 Å². The third kappa shape index (κ3) is 5.74. The molecule has 1 aliphatic rings. The van der Waals surface area contributed by atoms with Crippen molar-refractivity contribution in [1.82, 2.24) is 4.90 Å². The van der Waals surface area contributed by atoms with Crippen LogP contribution in [0.3, 0.4) is 0 Å². The maximum atomic E-state index is 11.6. The SMILES string of the molecule is CC(c1cccc(NC(=O)[C@@H](C)N)c1)N1CCOCC1.Cl.Cl. The van der Waals surface area contributed by atoms with Crippen LogP contribution in [0.15, 0.2) is 24.3 Å². The van der Waals surface area contributed by atoms with Crippen LogP contribution in [0.2, 0.25) is 0 Å². The zero-order chi connectivity index (χ0) is 14.5. The molecule has 0 bridgehead atoms. The summed E-state index contributed by atoms with van der Waals surface area (Å²) in [7, 11) is 0. The van der Waals surface area contributed by atoms with Gasteiger partial charge in [-0.05, 0) is 31.5 Å². The van der Waals surface area contributed by atoms with Gasteiger partial charge in [-0.2, -0.15) is 0 Å². The smallest absolute Gasteiger partial charge is 0.240 e. The van der Waals surface area contributed by atoms with E-state index in [1.165, 1.54) is 5.56 Å². The van der Waals surface area contributed by atoms with Gasteiger partial charge in [0.15, 0.2) is 0 Å². The first-order valence-electron chi connectivity index (χ1n) is 7.06. The highest BCUT2D eigenvalue weighted by atomic mass is 35.5. The van der Waals surface area contributed by atoms with Crippen LogP contribution in [0.25, 0.3) is 0 Å². The number of nitrogens with two attached hydrogens (primary N) is 1. The van der Waals surface area contributed by atoms with Crippen LogP contribution < -0.4 is 11.1 Å². The van der Waals surface area contributed by atoms with Crippen molar-refractivity contribution < 1.29 is 9.53 Å². The predicted molar refractivity (Wildman–Crippen MR) is 94.0 cm³/mol. The highest BCUT2D eigenvalue weighted by Crippen LogP contribution is 2.23. The van der Waals surface area contributed by atoms with Crippen LogP contribution in [0.5, 0.6) is 0 Å². The van der Waals surface area contributed by atoms with E-state index in [-0.39, 0.29) is 30.7 Å². The van der Waals surface area contributed by atoms with E-state index in [1.54, 1.807) is 6.92 Å². The van der Waals surface area contributed by atoms with Gasteiger partial charge in [-0.3, -0.25) is 9.69 Å². The summed E-state index contributed by atoms with van der Waals surface area (Å²) >= 11 is 0. The van der Waals surface area contributed by atoms with Crippen molar-refractivity contribution in [3.63, 3.8) is 0 Å². The lowest BCUT2D eigenvalue weighted by molar-refractivity contribution is -0.117. The Hall–Kier alpha value is -0.850. The first-order chi connectivity index (χ1) is 9.58. The molecule has 1 heterocycles. The van der Waals surface area contributed by atoms with Crippen molar-refractivity contribution in [2.24, 2.45) is 5.73 Å². The summed E-state index contributed by atoms with van der Waals surface area (Å²) in [6.07, 6.45) is 0. The average Bonchev–Trinajstić information content (AvgIpc) is 2.47. The summed E-state index contributed by atoms with van der Waals surface area (Å²) in [5.74, 6) is -0.166. The van der Waals surface area contributed by atoms with Crippen molar-refractivity contribution in [2.75, 3.05) is 31.6 Å². The number of nitrogens with zero attached hydrogens (tertiary/aromatic N) is 1. The van der Waals surface area contributed by atoms with Gasteiger partial charge >= 0.3 is 0 Å². The quantitative estimate of drug-likeness (QED) is 0.874. The zero-order valence-corrected chi connectivity index (χ0v) is 14.6. The number of morpholine rings is 1. The summed E-state index contributed by atoms with van der Waals surface area (Å²) in [4.78, 5) is 14.0. The second-order valence-corrected chi connectivity index (χ2v) is 5.23. The Morgan fingerprint density at radius 3 is 2.50 bits per heavy atom. The van der Waals surface area contributed by atoms with Crippen LogP contribution in [0.1, 0.15) is 25.5 Å². The molecule has 22 heavy (non-hydrogen) atoms. The normalized spacial score (nSPS) is 17.6. The molecule has 0 spiro atoms. The Labute approximate surface area is 144 Å². The third-order valence-electron chi connectivity index (χ3n) is 3.64. The molecule has 7 heteroatoms. The van der Waals surface area contributed by atoms with Crippen molar-refractivity contribution >= 4 is 36.4 Å². The van der Waals surface area contributed by atoms with Crippen LogP contribution in [0.4, 0.5) is 5.69 Å². The second-order valence-electron chi connectivity index (χ2n) is 5.23. The lowest BCUT2D eigenvalue weighted by Gasteiger charge is -2.32. The minimum atomic E-state index is -0.504. The third-order valence-corrected chi connectivity index (χ3v) is 3.64. The second kappa shape index (κ2) is 10.0. The van der Waals surface area contributed by atoms with Crippen molar-refractivity contribution in [2.45, 2.75) is 25.9 Å². The summed E-state index contributed by atoms with van der Waals surface area (Å²) in [5, 5.41) is 2.83. The van der Waals surface area contributed by atoms with Crippen LogP contribution >= 0.6 is 24.8 Å². The van der Waals surface area contributed by atoms with Gasteiger partial charge < -0.3 is 15.8 Å². The van der Waals surface area contributed by atoms with E-state index in [2.05, 4.69) is 23.2 Å². The molecular formula is C15H25Cl2N3O2. The number of carbonyl (C=O) groups excluding carboxylic acids is 1. The van der Waals surface area contributed by atoms with Crippen molar-refractivity contribution in [3.05, 3.63) is 29.8 Å². The number of rotatable bonds is 4. The van der Waals surface area contributed by atoms with Gasteiger partial charge in [-0.15, -0.1) is 24.8 Å². The molecule has 2 atom stereocenters. The van der Waals surface area contributed by atoms with Crippen molar-refractivity contribution in [3.8, 4) is 0 Å². The van der Waals surface area contributed by atoms with Gasteiger partial charge in [-0.1, -0.05) is 12.1 Å². The summed E-state index contributed by atoms with van der Waals surface area (Å²) in [6.45, 7) is 7.30. The van der Waals surface area contributed by atoms with Gasteiger partial charge in [0.2, 0.25) is 5.91 Å². The van der Waals surface area contributed by atoms with E-state index in [1.807, 2.05) is 18.2 Å². The fraction of sp³-hybridized carbons (Fsp3) is 0.533. The number of amides is 1. The van der Waals surface area contributed by atoms with Gasteiger partial charge in [0.1, 0.15) is 0 Å². The molecule has 1 aliphatic heterocycles. The molecule has 3 N–H and O–H groups in total. The molecule has 1 fully saturated rings. The number of halogens is 2. The van der Waals surface area contributed by atoms with E-state index < -0.39 is 6.04 Å². The van der Waals surface area contributed by atoms with Gasteiger partial charge in [0, 0.05) is 24.8 Å². The van der Waals surface area contributed by atoms with Gasteiger partial charge in [-0.25, -0.2) is 0 Å². The molecule has 1 unspecified atom stereocenters. The number of hydrogen-bond donors (Lipinski definition) is 2. The summed E-state index contributed by atoms with van der Waals surface area (Å²) in [6, 6.07) is 7.75. The molecule has 1 saturated heterocycles. The topological polar surface area (TPSA) is 67.6 Å².